The highest BCUT2D eigenvalue weighted by Gasteiger charge is 1.95. The molecule has 13 heavy (non-hydrogen) atoms. The van der Waals surface area contributed by atoms with Crippen LogP contribution in [0.5, 0.6) is 5.75 Å². The van der Waals surface area contributed by atoms with E-state index in [9.17, 15) is 0 Å². The van der Waals surface area contributed by atoms with Crippen LogP contribution in [0, 0.1) is 0 Å². The Morgan fingerprint density at radius 2 is 2.23 bits per heavy atom. The fraction of sp³-hybridized carbons (Fsp3) is 0.700. The van der Waals surface area contributed by atoms with Gasteiger partial charge in [-0.2, -0.15) is 5.10 Å². The maximum Gasteiger partial charge on any atom is 0.157 e. The van der Waals surface area contributed by atoms with Crippen molar-refractivity contribution in [1.82, 2.24) is 9.78 Å². The van der Waals surface area contributed by atoms with Crippen LogP contribution in [-0.2, 0) is 7.05 Å². The van der Waals surface area contributed by atoms with Crippen molar-refractivity contribution in [3.8, 4) is 5.75 Å². The fourth-order valence-electron chi connectivity index (χ4n) is 1.19. The summed E-state index contributed by atoms with van der Waals surface area (Å²) in [6.45, 7) is 3.02. The van der Waals surface area contributed by atoms with E-state index in [1.54, 1.807) is 10.9 Å². The van der Waals surface area contributed by atoms with E-state index >= 15 is 0 Å². The van der Waals surface area contributed by atoms with E-state index < -0.39 is 0 Å². The second kappa shape index (κ2) is 5.62. The largest absolute Gasteiger partial charge is 0.490 e. The standard InChI is InChI=1S/C10H18N2O/c1-3-4-5-6-7-13-10-8-11-12(2)9-10/h8-9H,3-7H2,1-2H3. The van der Waals surface area contributed by atoms with Crippen LogP contribution < -0.4 is 4.74 Å². The van der Waals surface area contributed by atoms with Crippen LogP contribution in [0.15, 0.2) is 12.4 Å². The number of aryl methyl sites for hydroxylation is 1. The summed E-state index contributed by atoms with van der Waals surface area (Å²) in [6.07, 6.45) is 8.61. The molecule has 0 amide bonds. The second-order valence-electron chi connectivity index (χ2n) is 3.26. The summed E-state index contributed by atoms with van der Waals surface area (Å²) >= 11 is 0. The van der Waals surface area contributed by atoms with Crippen molar-refractivity contribution in [2.45, 2.75) is 32.6 Å². The van der Waals surface area contributed by atoms with Gasteiger partial charge in [0.25, 0.3) is 0 Å². The van der Waals surface area contributed by atoms with Gasteiger partial charge in [0.2, 0.25) is 0 Å². The molecule has 1 aromatic heterocycles. The van der Waals surface area contributed by atoms with E-state index in [4.69, 9.17) is 4.74 Å². The van der Waals surface area contributed by atoms with Gasteiger partial charge in [-0.15, -0.1) is 0 Å². The molecule has 0 atom stereocenters. The second-order valence-corrected chi connectivity index (χ2v) is 3.26. The van der Waals surface area contributed by atoms with E-state index in [0.717, 1.165) is 18.8 Å². The monoisotopic (exact) mass is 182 g/mol. The van der Waals surface area contributed by atoms with Crippen molar-refractivity contribution >= 4 is 0 Å². The zero-order valence-electron chi connectivity index (χ0n) is 8.49. The molecule has 0 saturated heterocycles. The molecule has 1 aromatic rings. The van der Waals surface area contributed by atoms with Gasteiger partial charge in [0, 0.05) is 7.05 Å². The first-order chi connectivity index (χ1) is 6.33. The minimum absolute atomic E-state index is 0.811. The van der Waals surface area contributed by atoms with Crippen LogP contribution in [0.2, 0.25) is 0 Å². The van der Waals surface area contributed by atoms with Crippen molar-refractivity contribution < 1.29 is 4.74 Å². The van der Waals surface area contributed by atoms with Crippen molar-refractivity contribution in [1.29, 1.82) is 0 Å². The zero-order valence-corrected chi connectivity index (χ0v) is 8.49. The number of ether oxygens (including phenoxy) is 1. The highest BCUT2D eigenvalue weighted by Crippen LogP contribution is 2.08. The summed E-state index contributed by atoms with van der Waals surface area (Å²) in [4.78, 5) is 0. The van der Waals surface area contributed by atoms with Crippen LogP contribution in [0.1, 0.15) is 32.6 Å². The molecular formula is C10H18N2O. The number of aromatic nitrogens is 2. The SMILES string of the molecule is CCCCCCOc1cnn(C)c1. The molecule has 3 heteroatoms. The van der Waals surface area contributed by atoms with Crippen molar-refractivity contribution in [3.05, 3.63) is 12.4 Å². The number of unbranched alkanes of at least 4 members (excludes halogenated alkanes) is 3. The molecule has 0 fully saturated rings. The molecule has 1 heterocycles. The van der Waals surface area contributed by atoms with Crippen LogP contribution in [0.25, 0.3) is 0 Å². The van der Waals surface area contributed by atoms with E-state index in [-0.39, 0.29) is 0 Å². The molecule has 0 aliphatic carbocycles. The lowest BCUT2D eigenvalue weighted by Gasteiger charge is -2.01. The lowest BCUT2D eigenvalue weighted by atomic mass is 10.2. The minimum atomic E-state index is 0.811. The Morgan fingerprint density at radius 3 is 2.85 bits per heavy atom. The van der Waals surface area contributed by atoms with E-state index in [0.29, 0.717) is 0 Å². The Balaban J connectivity index is 2.06. The lowest BCUT2D eigenvalue weighted by Crippen LogP contribution is -1.96. The van der Waals surface area contributed by atoms with Crippen molar-refractivity contribution in [2.75, 3.05) is 6.61 Å². The number of rotatable bonds is 6. The normalized spacial score (nSPS) is 10.3. The van der Waals surface area contributed by atoms with Crippen molar-refractivity contribution in [3.63, 3.8) is 0 Å². The topological polar surface area (TPSA) is 27.1 Å². The van der Waals surface area contributed by atoms with Gasteiger partial charge in [0.15, 0.2) is 5.75 Å². The number of hydrogen-bond donors (Lipinski definition) is 0. The van der Waals surface area contributed by atoms with E-state index in [1.165, 1.54) is 19.3 Å². The molecule has 0 aliphatic rings. The summed E-state index contributed by atoms with van der Waals surface area (Å²) in [5.74, 6) is 0.874. The smallest absolute Gasteiger partial charge is 0.157 e. The third-order valence-electron chi connectivity index (χ3n) is 1.95. The van der Waals surface area contributed by atoms with Crippen LogP contribution in [-0.4, -0.2) is 16.4 Å². The third kappa shape index (κ3) is 3.97. The third-order valence-corrected chi connectivity index (χ3v) is 1.95. The highest BCUT2D eigenvalue weighted by atomic mass is 16.5. The lowest BCUT2D eigenvalue weighted by molar-refractivity contribution is 0.305. The molecule has 0 spiro atoms. The molecule has 0 radical (unpaired) electrons. The zero-order chi connectivity index (χ0) is 9.52. The van der Waals surface area contributed by atoms with Gasteiger partial charge in [-0.05, 0) is 6.42 Å². The molecular weight excluding hydrogens is 164 g/mol. The molecule has 0 saturated carbocycles. The van der Waals surface area contributed by atoms with E-state index in [1.807, 2.05) is 13.2 Å². The summed E-state index contributed by atoms with van der Waals surface area (Å²) in [6, 6.07) is 0. The van der Waals surface area contributed by atoms with E-state index in [2.05, 4.69) is 12.0 Å². The van der Waals surface area contributed by atoms with Gasteiger partial charge >= 0.3 is 0 Å². The number of nitrogens with zero attached hydrogens (tertiary/aromatic N) is 2. The minimum Gasteiger partial charge on any atom is -0.490 e. The van der Waals surface area contributed by atoms with Gasteiger partial charge in [0.1, 0.15) is 0 Å². The van der Waals surface area contributed by atoms with Crippen LogP contribution in [0.4, 0.5) is 0 Å². The highest BCUT2D eigenvalue weighted by molar-refractivity contribution is 5.10. The molecule has 0 aliphatic heterocycles. The average Bonchev–Trinajstić information content (AvgIpc) is 2.51. The van der Waals surface area contributed by atoms with Gasteiger partial charge in [-0.1, -0.05) is 26.2 Å². The fourth-order valence-corrected chi connectivity index (χ4v) is 1.19. The molecule has 3 nitrogen and oxygen atoms in total. The van der Waals surface area contributed by atoms with Gasteiger partial charge in [-0.25, -0.2) is 0 Å². The molecule has 0 aromatic carbocycles. The first-order valence-corrected chi connectivity index (χ1v) is 4.94. The molecule has 0 N–H and O–H groups in total. The summed E-state index contributed by atoms with van der Waals surface area (Å²) < 4.78 is 7.24. The average molecular weight is 182 g/mol. The Kier molecular flexibility index (Phi) is 4.36. The van der Waals surface area contributed by atoms with Gasteiger partial charge in [-0.3, -0.25) is 4.68 Å². The Labute approximate surface area is 79.7 Å². The molecule has 74 valence electrons. The first kappa shape index (κ1) is 10.1. The molecule has 1 rings (SSSR count). The quantitative estimate of drug-likeness (QED) is 0.631. The maximum absolute atomic E-state index is 5.49. The summed E-state index contributed by atoms with van der Waals surface area (Å²) in [5, 5.41) is 4.02. The molecule has 0 bridgehead atoms. The first-order valence-electron chi connectivity index (χ1n) is 4.94. The predicted molar refractivity (Wildman–Crippen MR) is 52.8 cm³/mol. The number of hydrogen-bond acceptors (Lipinski definition) is 2. The van der Waals surface area contributed by atoms with Gasteiger partial charge < -0.3 is 4.74 Å². The van der Waals surface area contributed by atoms with Crippen LogP contribution >= 0.6 is 0 Å². The Bertz CT molecular complexity index is 233. The maximum atomic E-state index is 5.49. The molecule has 0 unspecified atom stereocenters. The summed E-state index contributed by atoms with van der Waals surface area (Å²) in [7, 11) is 1.89. The van der Waals surface area contributed by atoms with Crippen LogP contribution in [0.3, 0.4) is 0 Å². The van der Waals surface area contributed by atoms with Gasteiger partial charge in [0.05, 0.1) is 19.0 Å². The Morgan fingerprint density at radius 1 is 1.38 bits per heavy atom. The Hall–Kier alpha value is -0.990. The summed E-state index contributed by atoms with van der Waals surface area (Å²) in [5.41, 5.74) is 0. The predicted octanol–water partition coefficient (Wildman–Crippen LogP) is 2.38. The van der Waals surface area contributed by atoms with Crippen molar-refractivity contribution in [2.24, 2.45) is 7.05 Å².